The lowest BCUT2D eigenvalue weighted by atomic mass is 10.1. The van der Waals surface area contributed by atoms with Crippen LogP contribution in [-0.2, 0) is 22.2 Å². The molecular formula is C25H27F6N3O4. The lowest BCUT2D eigenvalue weighted by Gasteiger charge is -2.29. The summed E-state index contributed by atoms with van der Waals surface area (Å²) in [5.41, 5.74) is 0.422. The summed E-state index contributed by atoms with van der Waals surface area (Å²) in [6.45, 7) is 3.35. The molecular weight excluding hydrogens is 520 g/mol. The van der Waals surface area contributed by atoms with Crippen molar-refractivity contribution in [2.45, 2.75) is 25.2 Å². The van der Waals surface area contributed by atoms with Gasteiger partial charge in [0.15, 0.2) is 0 Å². The van der Waals surface area contributed by atoms with E-state index in [-0.39, 0.29) is 30.3 Å². The zero-order chi connectivity index (χ0) is 28.3. The Kier molecular flexibility index (Phi) is 11.1. The van der Waals surface area contributed by atoms with Gasteiger partial charge in [-0.3, -0.25) is 9.59 Å². The number of benzene rings is 2. The molecule has 0 atom stereocenters. The largest absolute Gasteiger partial charge is 0.490 e. The normalized spacial score (nSPS) is 13.8. The third kappa shape index (κ3) is 10.0. The Hall–Kier alpha value is -3.61. The number of amides is 2. The van der Waals surface area contributed by atoms with E-state index in [4.69, 9.17) is 9.90 Å². The fourth-order valence-electron chi connectivity index (χ4n) is 3.51. The first-order chi connectivity index (χ1) is 17.8. The van der Waals surface area contributed by atoms with E-state index in [0.717, 1.165) is 30.8 Å². The van der Waals surface area contributed by atoms with Crippen molar-refractivity contribution in [2.75, 3.05) is 39.3 Å². The van der Waals surface area contributed by atoms with Crippen molar-refractivity contribution in [3.05, 3.63) is 71.3 Å². The van der Waals surface area contributed by atoms with Gasteiger partial charge in [0.25, 0.3) is 5.91 Å². The molecule has 0 unspecified atom stereocenters. The van der Waals surface area contributed by atoms with Crippen molar-refractivity contribution < 1.29 is 45.8 Å². The SMILES string of the molecule is O=C(CCN(CCc1ccccc1)C(=O)c1ccc(C(F)(F)F)cc1)N1CCNCC1.O=C(O)C(F)(F)F. The predicted molar refractivity (Wildman–Crippen MR) is 125 cm³/mol. The molecule has 0 saturated carbocycles. The van der Waals surface area contributed by atoms with Crippen LogP contribution < -0.4 is 5.32 Å². The minimum absolute atomic E-state index is 0.0218. The number of carboxylic acids is 1. The number of alkyl halides is 6. The van der Waals surface area contributed by atoms with Crippen molar-refractivity contribution >= 4 is 17.8 Å². The van der Waals surface area contributed by atoms with Crippen molar-refractivity contribution in [2.24, 2.45) is 0 Å². The fourth-order valence-corrected chi connectivity index (χ4v) is 3.51. The van der Waals surface area contributed by atoms with Crippen LogP contribution in [0.4, 0.5) is 26.3 Å². The number of halogens is 6. The molecule has 0 radical (unpaired) electrons. The Balaban J connectivity index is 0.000000638. The summed E-state index contributed by atoms with van der Waals surface area (Å²) in [4.78, 5) is 37.8. The maximum atomic E-state index is 13.0. The highest BCUT2D eigenvalue weighted by Gasteiger charge is 2.38. The van der Waals surface area contributed by atoms with Gasteiger partial charge >= 0.3 is 18.3 Å². The van der Waals surface area contributed by atoms with Crippen LogP contribution in [0.2, 0.25) is 0 Å². The van der Waals surface area contributed by atoms with Gasteiger partial charge in [0.2, 0.25) is 5.91 Å². The number of aliphatic carboxylic acids is 1. The summed E-state index contributed by atoms with van der Waals surface area (Å²) in [6, 6.07) is 13.8. The molecule has 208 valence electrons. The first-order valence-corrected chi connectivity index (χ1v) is 11.6. The van der Waals surface area contributed by atoms with Crippen LogP contribution in [0, 0.1) is 0 Å². The fraction of sp³-hybridized carbons (Fsp3) is 0.400. The Morgan fingerprint density at radius 1 is 0.868 bits per heavy atom. The van der Waals surface area contributed by atoms with Crippen molar-refractivity contribution in [3.63, 3.8) is 0 Å². The Labute approximate surface area is 215 Å². The third-order valence-corrected chi connectivity index (χ3v) is 5.57. The van der Waals surface area contributed by atoms with Crippen LogP contribution in [0.15, 0.2) is 54.6 Å². The molecule has 1 aliphatic rings. The minimum Gasteiger partial charge on any atom is -0.475 e. The first kappa shape index (κ1) is 30.6. The average molecular weight is 547 g/mol. The molecule has 0 bridgehead atoms. The summed E-state index contributed by atoms with van der Waals surface area (Å²) in [6.07, 6.45) is -8.76. The van der Waals surface area contributed by atoms with E-state index in [2.05, 4.69) is 5.32 Å². The Morgan fingerprint density at radius 3 is 1.92 bits per heavy atom. The van der Waals surface area contributed by atoms with Gasteiger partial charge in [0.05, 0.1) is 5.56 Å². The number of piperazine rings is 1. The topological polar surface area (TPSA) is 90.0 Å². The molecule has 3 rings (SSSR count). The molecule has 7 nitrogen and oxygen atoms in total. The van der Waals surface area contributed by atoms with Gasteiger partial charge in [-0.25, -0.2) is 4.79 Å². The van der Waals surface area contributed by atoms with Crippen molar-refractivity contribution in [3.8, 4) is 0 Å². The number of nitrogens with one attached hydrogen (secondary N) is 1. The summed E-state index contributed by atoms with van der Waals surface area (Å²) in [7, 11) is 0. The van der Waals surface area contributed by atoms with Gasteiger partial charge < -0.3 is 20.2 Å². The van der Waals surface area contributed by atoms with Crippen LogP contribution >= 0.6 is 0 Å². The van der Waals surface area contributed by atoms with E-state index in [1.807, 2.05) is 30.3 Å². The molecule has 38 heavy (non-hydrogen) atoms. The van der Waals surface area contributed by atoms with Gasteiger partial charge in [0, 0.05) is 51.3 Å². The highest BCUT2D eigenvalue weighted by Crippen LogP contribution is 2.29. The van der Waals surface area contributed by atoms with Crippen LogP contribution in [0.25, 0.3) is 0 Å². The molecule has 2 N–H and O–H groups in total. The summed E-state index contributed by atoms with van der Waals surface area (Å²) >= 11 is 0. The van der Waals surface area contributed by atoms with Crippen LogP contribution in [0.1, 0.15) is 27.9 Å². The van der Waals surface area contributed by atoms with E-state index < -0.39 is 23.9 Å². The van der Waals surface area contributed by atoms with Crippen LogP contribution in [0.5, 0.6) is 0 Å². The van der Waals surface area contributed by atoms with E-state index in [9.17, 15) is 35.9 Å². The smallest absolute Gasteiger partial charge is 0.475 e. The minimum atomic E-state index is -5.08. The zero-order valence-corrected chi connectivity index (χ0v) is 20.2. The summed E-state index contributed by atoms with van der Waals surface area (Å²) in [5, 5.41) is 10.3. The Morgan fingerprint density at radius 2 is 1.42 bits per heavy atom. The monoisotopic (exact) mass is 547 g/mol. The number of hydrogen-bond donors (Lipinski definition) is 2. The van der Waals surface area contributed by atoms with Crippen molar-refractivity contribution in [1.82, 2.24) is 15.1 Å². The lowest BCUT2D eigenvalue weighted by molar-refractivity contribution is -0.192. The van der Waals surface area contributed by atoms with Crippen molar-refractivity contribution in [1.29, 1.82) is 0 Å². The second-order valence-electron chi connectivity index (χ2n) is 8.29. The highest BCUT2D eigenvalue weighted by atomic mass is 19.4. The van der Waals surface area contributed by atoms with Crippen LogP contribution in [-0.4, -0.2) is 78.1 Å². The van der Waals surface area contributed by atoms with Gasteiger partial charge in [-0.15, -0.1) is 0 Å². The number of carbonyl (C=O) groups is 3. The molecule has 1 saturated heterocycles. The van der Waals surface area contributed by atoms with E-state index in [0.29, 0.717) is 26.1 Å². The van der Waals surface area contributed by atoms with E-state index in [1.54, 1.807) is 9.80 Å². The van der Waals surface area contributed by atoms with Crippen LogP contribution in [0.3, 0.4) is 0 Å². The van der Waals surface area contributed by atoms with Gasteiger partial charge in [-0.05, 0) is 36.2 Å². The molecule has 13 heteroatoms. The molecule has 0 spiro atoms. The van der Waals surface area contributed by atoms with E-state index >= 15 is 0 Å². The van der Waals surface area contributed by atoms with Gasteiger partial charge in [-0.1, -0.05) is 30.3 Å². The maximum Gasteiger partial charge on any atom is 0.490 e. The van der Waals surface area contributed by atoms with E-state index in [1.165, 1.54) is 12.1 Å². The Bertz CT molecular complexity index is 1050. The van der Waals surface area contributed by atoms with Gasteiger partial charge in [0.1, 0.15) is 0 Å². The molecule has 1 aliphatic heterocycles. The molecule has 1 fully saturated rings. The second-order valence-corrected chi connectivity index (χ2v) is 8.29. The molecule has 0 aliphatic carbocycles. The van der Waals surface area contributed by atoms with Gasteiger partial charge in [-0.2, -0.15) is 26.3 Å². The number of nitrogens with zero attached hydrogens (tertiary/aromatic N) is 2. The average Bonchev–Trinajstić information content (AvgIpc) is 2.88. The maximum absolute atomic E-state index is 13.0. The number of carboxylic acid groups (broad SMARTS) is 1. The quantitative estimate of drug-likeness (QED) is 0.515. The lowest BCUT2D eigenvalue weighted by Crippen LogP contribution is -2.47. The molecule has 2 aromatic carbocycles. The second kappa shape index (κ2) is 13.8. The number of carbonyl (C=O) groups excluding carboxylic acids is 2. The molecule has 2 aromatic rings. The number of hydrogen-bond acceptors (Lipinski definition) is 4. The zero-order valence-electron chi connectivity index (χ0n) is 20.2. The number of rotatable bonds is 7. The standard InChI is InChI=1S/C23H26F3N3O2.C2HF3O2/c24-23(25,26)20-8-6-19(7-9-20)22(31)29(14-10-18-4-2-1-3-5-18)15-11-21(30)28-16-12-27-13-17-28;3-2(4,5)1(6)7/h1-9,27H,10-17H2;(H,6,7). The highest BCUT2D eigenvalue weighted by molar-refractivity contribution is 5.94. The molecule has 2 amide bonds. The molecule has 0 aromatic heterocycles. The molecule has 1 heterocycles. The predicted octanol–water partition coefficient (Wildman–Crippen LogP) is 3.85. The third-order valence-electron chi connectivity index (χ3n) is 5.57. The summed E-state index contributed by atoms with van der Waals surface area (Å²) in [5.74, 6) is -3.16. The first-order valence-electron chi connectivity index (χ1n) is 11.6. The summed E-state index contributed by atoms with van der Waals surface area (Å²) < 4.78 is 70.2.